The van der Waals surface area contributed by atoms with Crippen LogP contribution in [-0.4, -0.2) is 26.4 Å². The lowest BCUT2D eigenvalue weighted by Crippen LogP contribution is -2.25. The molecule has 3 nitrogen and oxygen atoms in total. The predicted octanol–water partition coefficient (Wildman–Crippen LogP) is 5.15. The highest BCUT2D eigenvalue weighted by molar-refractivity contribution is 5.55. The van der Waals surface area contributed by atoms with Crippen molar-refractivity contribution in [3.05, 3.63) is 65.7 Å². The normalized spacial score (nSPS) is 11.7. The zero-order chi connectivity index (χ0) is 18.1. The summed E-state index contributed by atoms with van der Waals surface area (Å²) in [4.78, 5) is 0. The Morgan fingerprint density at radius 3 is 2.32 bits per heavy atom. The minimum atomic E-state index is -0.155. The molecule has 0 aliphatic rings. The average Bonchev–Trinajstić information content (AvgIpc) is 2.64. The summed E-state index contributed by atoms with van der Waals surface area (Å²) in [6, 6.07) is 16.4. The smallest absolute Gasteiger partial charge is 0.161 e. The van der Waals surface area contributed by atoms with Crippen LogP contribution in [0.3, 0.4) is 0 Å². The summed E-state index contributed by atoms with van der Waals surface area (Å²) in [5.74, 6) is 1.46. The van der Waals surface area contributed by atoms with E-state index in [1.54, 1.807) is 14.2 Å². The summed E-state index contributed by atoms with van der Waals surface area (Å²) in [6.45, 7) is 4.86. The minimum Gasteiger partial charge on any atom is -0.493 e. The molecule has 0 aliphatic heterocycles. The van der Waals surface area contributed by atoms with E-state index in [4.69, 9.17) is 14.2 Å². The van der Waals surface area contributed by atoms with Gasteiger partial charge in [0.05, 0.1) is 26.4 Å². The number of hydrogen-bond donors (Lipinski definition) is 0. The van der Waals surface area contributed by atoms with Gasteiger partial charge in [0.1, 0.15) is 0 Å². The van der Waals surface area contributed by atoms with E-state index >= 15 is 0 Å². The van der Waals surface area contributed by atoms with Gasteiger partial charge in [0.15, 0.2) is 11.5 Å². The second-order valence-electron chi connectivity index (χ2n) is 6.57. The Balaban J connectivity index is 1.83. The highest BCUT2D eigenvalue weighted by Gasteiger charge is 2.17. The molecule has 0 aromatic heterocycles. The maximum Gasteiger partial charge on any atom is 0.161 e. The summed E-state index contributed by atoms with van der Waals surface area (Å²) >= 11 is 0. The summed E-state index contributed by atoms with van der Waals surface area (Å²) in [6.07, 6.45) is 6.08. The summed E-state index contributed by atoms with van der Waals surface area (Å²) in [7, 11) is 3.28. The second kappa shape index (κ2) is 9.28. The van der Waals surface area contributed by atoms with Crippen LogP contribution in [0.5, 0.6) is 11.5 Å². The van der Waals surface area contributed by atoms with E-state index in [0.717, 1.165) is 29.9 Å². The molecule has 25 heavy (non-hydrogen) atoms. The molecule has 0 spiro atoms. The first kappa shape index (κ1) is 19.1. The molecule has 0 atom stereocenters. The molecule has 0 radical (unpaired) electrons. The van der Waals surface area contributed by atoms with Crippen molar-refractivity contribution in [3.63, 3.8) is 0 Å². The van der Waals surface area contributed by atoms with E-state index in [2.05, 4.69) is 38.1 Å². The SMILES string of the molecule is COc1ccc(/C=C/COC(C)(C)CCc2ccccc2)cc1OC. The van der Waals surface area contributed by atoms with E-state index in [0.29, 0.717) is 6.61 Å². The lowest BCUT2D eigenvalue weighted by atomic mass is 9.98. The Kier molecular flexibility index (Phi) is 7.08. The molecule has 0 bridgehead atoms. The monoisotopic (exact) mass is 340 g/mol. The molecule has 134 valence electrons. The van der Waals surface area contributed by atoms with E-state index in [1.807, 2.05) is 36.4 Å². The number of methoxy groups -OCH3 is 2. The number of benzene rings is 2. The third kappa shape index (κ3) is 6.28. The van der Waals surface area contributed by atoms with Gasteiger partial charge in [-0.15, -0.1) is 0 Å². The molecule has 0 saturated heterocycles. The van der Waals surface area contributed by atoms with Gasteiger partial charge in [-0.1, -0.05) is 48.6 Å². The van der Waals surface area contributed by atoms with Gasteiger partial charge in [0, 0.05) is 0 Å². The molecule has 2 aromatic rings. The average molecular weight is 340 g/mol. The number of rotatable bonds is 9. The first-order valence-corrected chi connectivity index (χ1v) is 8.60. The highest BCUT2D eigenvalue weighted by atomic mass is 16.5. The van der Waals surface area contributed by atoms with Crippen LogP contribution in [0.15, 0.2) is 54.6 Å². The van der Waals surface area contributed by atoms with Crippen molar-refractivity contribution in [2.45, 2.75) is 32.3 Å². The van der Waals surface area contributed by atoms with Crippen LogP contribution in [0.4, 0.5) is 0 Å². The van der Waals surface area contributed by atoms with Gasteiger partial charge in [0.25, 0.3) is 0 Å². The molecule has 0 saturated carbocycles. The molecule has 0 aliphatic carbocycles. The van der Waals surface area contributed by atoms with Crippen LogP contribution < -0.4 is 9.47 Å². The zero-order valence-electron chi connectivity index (χ0n) is 15.6. The van der Waals surface area contributed by atoms with Crippen LogP contribution >= 0.6 is 0 Å². The Morgan fingerprint density at radius 2 is 1.64 bits per heavy atom. The molecule has 0 unspecified atom stereocenters. The maximum atomic E-state index is 6.03. The van der Waals surface area contributed by atoms with Gasteiger partial charge in [-0.3, -0.25) is 0 Å². The Labute approximate surface area is 151 Å². The largest absolute Gasteiger partial charge is 0.493 e. The molecule has 0 N–H and O–H groups in total. The van der Waals surface area contributed by atoms with E-state index in [1.165, 1.54) is 5.56 Å². The topological polar surface area (TPSA) is 27.7 Å². The van der Waals surface area contributed by atoms with Gasteiger partial charge in [-0.2, -0.15) is 0 Å². The summed E-state index contributed by atoms with van der Waals surface area (Å²) < 4.78 is 16.6. The molecule has 0 fully saturated rings. The lowest BCUT2D eigenvalue weighted by molar-refractivity contribution is -0.00672. The van der Waals surface area contributed by atoms with Gasteiger partial charge in [-0.05, 0) is 49.9 Å². The summed E-state index contributed by atoms with van der Waals surface area (Å²) in [5, 5.41) is 0. The van der Waals surface area contributed by atoms with Crippen molar-refractivity contribution in [2.75, 3.05) is 20.8 Å². The third-order valence-corrected chi connectivity index (χ3v) is 4.15. The third-order valence-electron chi connectivity index (χ3n) is 4.15. The van der Waals surface area contributed by atoms with E-state index in [9.17, 15) is 0 Å². The van der Waals surface area contributed by atoms with Crippen LogP contribution in [0.1, 0.15) is 31.4 Å². The molecular formula is C22H28O3. The fourth-order valence-electron chi connectivity index (χ4n) is 2.58. The Hall–Kier alpha value is -2.26. The lowest BCUT2D eigenvalue weighted by Gasteiger charge is -2.24. The van der Waals surface area contributed by atoms with Crippen molar-refractivity contribution >= 4 is 6.08 Å². The molecule has 3 heteroatoms. The highest BCUT2D eigenvalue weighted by Crippen LogP contribution is 2.28. The number of ether oxygens (including phenoxy) is 3. The first-order valence-electron chi connectivity index (χ1n) is 8.60. The van der Waals surface area contributed by atoms with Gasteiger partial charge in [-0.25, -0.2) is 0 Å². The molecule has 2 rings (SSSR count). The van der Waals surface area contributed by atoms with Crippen molar-refractivity contribution in [2.24, 2.45) is 0 Å². The van der Waals surface area contributed by atoms with E-state index in [-0.39, 0.29) is 5.60 Å². The fraction of sp³-hybridized carbons (Fsp3) is 0.364. The van der Waals surface area contributed by atoms with Gasteiger partial charge < -0.3 is 14.2 Å². The Bertz CT molecular complexity index is 675. The quantitative estimate of drug-likeness (QED) is 0.632. The van der Waals surface area contributed by atoms with Crippen molar-refractivity contribution in [3.8, 4) is 11.5 Å². The molecular weight excluding hydrogens is 312 g/mol. The zero-order valence-corrected chi connectivity index (χ0v) is 15.6. The standard InChI is InChI=1S/C22H28O3/c1-22(2,15-14-18-9-6-5-7-10-18)25-16-8-11-19-12-13-20(23-3)21(17-19)24-4/h5-13,17H,14-16H2,1-4H3/b11-8+. The van der Waals surface area contributed by atoms with Crippen LogP contribution in [0.2, 0.25) is 0 Å². The second-order valence-corrected chi connectivity index (χ2v) is 6.57. The van der Waals surface area contributed by atoms with Crippen molar-refractivity contribution in [1.82, 2.24) is 0 Å². The van der Waals surface area contributed by atoms with Crippen molar-refractivity contribution in [1.29, 1.82) is 0 Å². The van der Waals surface area contributed by atoms with Gasteiger partial charge in [0.2, 0.25) is 0 Å². The first-order chi connectivity index (χ1) is 12.0. The van der Waals surface area contributed by atoms with Crippen LogP contribution in [0, 0.1) is 0 Å². The molecule has 0 amide bonds. The van der Waals surface area contributed by atoms with Crippen LogP contribution in [-0.2, 0) is 11.2 Å². The van der Waals surface area contributed by atoms with E-state index < -0.39 is 0 Å². The molecule has 2 aromatic carbocycles. The summed E-state index contributed by atoms with van der Waals surface area (Å²) in [5.41, 5.74) is 2.25. The fourth-order valence-corrected chi connectivity index (χ4v) is 2.58. The number of aryl methyl sites for hydroxylation is 1. The van der Waals surface area contributed by atoms with Crippen molar-refractivity contribution < 1.29 is 14.2 Å². The predicted molar refractivity (Wildman–Crippen MR) is 103 cm³/mol. The Morgan fingerprint density at radius 1 is 0.920 bits per heavy atom. The van der Waals surface area contributed by atoms with Crippen LogP contribution in [0.25, 0.3) is 6.08 Å². The minimum absolute atomic E-state index is 0.155. The maximum absolute atomic E-state index is 6.03. The molecule has 0 heterocycles. The van der Waals surface area contributed by atoms with Gasteiger partial charge >= 0.3 is 0 Å². The number of hydrogen-bond acceptors (Lipinski definition) is 3.